The number of imidazole rings is 1. The number of anilines is 1. The number of rotatable bonds is 3. The molecule has 0 amide bonds. The van der Waals surface area contributed by atoms with Gasteiger partial charge in [0.25, 0.3) is 5.69 Å². The van der Waals surface area contributed by atoms with Gasteiger partial charge in [-0.2, -0.15) is 0 Å². The number of hydrogen-bond acceptors (Lipinski definition) is 5. The van der Waals surface area contributed by atoms with E-state index in [-0.39, 0.29) is 5.69 Å². The molecule has 0 saturated carbocycles. The van der Waals surface area contributed by atoms with Crippen molar-refractivity contribution in [3.63, 3.8) is 0 Å². The molecule has 0 saturated heterocycles. The Kier molecular flexibility index (Phi) is 3.01. The zero-order valence-corrected chi connectivity index (χ0v) is 9.85. The molecule has 88 valence electrons. The van der Waals surface area contributed by atoms with Crippen molar-refractivity contribution in [2.75, 3.05) is 5.73 Å². The molecule has 1 aromatic carbocycles. The second kappa shape index (κ2) is 4.46. The van der Waals surface area contributed by atoms with Crippen LogP contribution >= 0.6 is 11.8 Å². The summed E-state index contributed by atoms with van der Waals surface area (Å²) in [6, 6.07) is 4.50. The van der Waals surface area contributed by atoms with Crippen molar-refractivity contribution >= 4 is 23.1 Å². The first-order chi connectivity index (χ1) is 8.06. The smallest absolute Gasteiger partial charge is 0.272 e. The van der Waals surface area contributed by atoms with Crippen LogP contribution in [0.3, 0.4) is 0 Å². The van der Waals surface area contributed by atoms with Crippen LogP contribution in [-0.2, 0) is 7.05 Å². The summed E-state index contributed by atoms with van der Waals surface area (Å²) in [7, 11) is 1.86. The average Bonchev–Trinajstić information content (AvgIpc) is 2.63. The zero-order chi connectivity index (χ0) is 12.4. The van der Waals surface area contributed by atoms with Crippen LogP contribution in [-0.4, -0.2) is 14.5 Å². The van der Waals surface area contributed by atoms with Gasteiger partial charge >= 0.3 is 0 Å². The summed E-state index contributed by atoms with van der Waals surface area (Å²) >= 11 is 1.33. The van der Waals surface area contributed by atoms with Crippen molar-refractivity contribution in [1.82, 2.24) is 9.55 Å². The van der Waals surface area contributed by atoms with Crippen LogP contribution in [0.2, 0.25) is 0 Å². The van der Waals surface area contributed by atoms with Crippen molar-refractivity contribution in [3.05, 3.63) is 40.7 Å². The van der Waals surface area contributed by atoms with Crippen LogP contribution in [0, 0.1) is 10.1 Å². The number of aryl methyl sites for hydroxylation is 1. The lowest BCUT2D eigenvalue weighted by Gasteiger charge is -2.03. The van der Waals surface area contributed by atoms with Gasteiger partial charge in [-0.05, 0) is 6.07 Å². The quantitative estimate of drug-likeness (QED) is 0.512. The highest BCUT2D eigenvalue weighted by Gasteiger charge is 2.10. The van der Waals surface area contributed by atoms with Crippen molar-refractivity contribution in [2.45, 2.75) is 10.1 Å². The molecular weight excluding hydrogens is 240 g/mol. The molecule has 0 fully saturated rings. The lowest BCUT2D eigenvalue weighted by molar-refractivity contribution is -0.385. The van der Waals surface area contributed by atoms with Crippen molar-refractivity contribution in [3.8, 4) is 0 Å². The number of benzene rings is 1. The number of nitrogens with two attached hydrogens (primary N) is 1. The molecule has 2 rings (SSSR count). The summed E-state index contributed by atoms with van der Waals surface area (Å²) in [5.41, 5.74) is 5.98. The fraction of sp³-hybridized carbons (Fsp3) is 0.100. The first-order valence-electron chi connectivity index (χ1n) is 4.76. The van der Waals surface area contributed by atoms with E-state index in [0.717, 1.165) is 5.16 Å². The summed E-state index contributed by atoms with van der Waals surface area (Å²) in [4.78, 5) is 15.1. The van der Waals surface area contributed by atoms with E-state index < -0.39 is 4.92 Å². The Morgan fingerprint density at radius 2 is 2.24 bits per heavy atom. The molecule has 1 aromatic heterocycles. The molecular formula is C10H10N4O2S. The summed E-state index contributed by atoms with van der Waals surface area (Å²) in [6.45, 7) is 0. The Morgan fingerprint density at radius 1 is 1.47 bits per heavy atom. The molecule has 2 aromatic rings. The first kappa shape index (κ1) is 11.5. The van der Waals surface area contributed by atoms with Crippen molar-refractivity contribution < 1.29 is 4.92 Å². The Hall–Kier alpha value is -2.02. The predicted molar refractivity (Wildman–Crippen MR) is 64.8 cm³/mol. The molecule has 0 aliphatic carbocycles. The molecule has 0 aliphatic rings. The predicted octanol–water partition coefficient (Wildman–Crippen LogP) is 2.06. The number of nitro groups is 1. The zero-order valence-electron chi connectivity index (χ0n) is 9.03. The van der Waals surface area contributed by atoms with Gasteiger partial charge in [0.15, 0.2) is 5.16 Å². The fourth-order valence-electron chi connectivity index (χ4n) is 1.33. The van der Waals surface area contributed by atoms with Gasteiger partial charge in [-0.25, -0.2) is 4.98 Å². The third-order valence-electron chi connectivity index (χ3n) is 2.11. The SMILES string of the molecule is Cn1ccnc1Sc1cc(N)cc([N+](=O)[O-])c1. The normalized spacial score (nSPS) is 10.4. The molecule has 0 atom stereocenters. The summed E-state index contributed by atoms with van der Waals surface area (Å²) in [5.74, 6) is 0. The van der Waals surface area contributed by atoms with Crippen LogP contribution < -0.4 is 5.73 Å². The minimum absolute atomic E-state index is 0.0123. The summed E-state index contributed by atoms with van der Waals surface area (Å²) in [6.07, 6.45) is 3.48. The average molecular weight is 250 g/mol. The highest BCUT2D eigenvalue weighted by Crippen LogP contribution is 2.30. The largest absolute Gasteiger partial charge is 0.398 e. The lowest BCUT2D eigenvalue weighted by Crippen LogP contribution is -1.93. The van der Waals surface area contributed by atoms with Crippen LogP contribution in [0.15, 0.2) is 40.6 Å². The maximum atomic E-state index is 10.7. The van der Waals surface area contributed by atoms with Crippen LogP contribution in [0.25, 0.3) is 0 Å². The van der Waals surface area contributed by atoms with Crippen LogP contribution in [0.4, 0.5) is 11.4 Å². The second-order valence-electron chi connectivity index (χ2n) is 3.44. The van der Waals surface area contributed by atoms with E-state index in [1.165, 1.54) is 23.9 Å². The maximum Gasteiger partial charge on any atom is 0.272 e. The number of hydrogen-bond donors (Lipinski definition) is 1. The maximum absolute atomic E-state index is 10.7. The van der Waals surface area contributed by atoms with Crippen molar-refractivity contribution in [2.24, 2.45) is 7.05 Å². The van der Waals surface area contributed by atoms with Crippen molar-refractivity contribution in [1.29, 1.82) is 0 Å². The van der Waals surface area contributed by atoms with E-state index in [1.807, 2.05) is 17.8 Å². The third kappa shape index (κ3) is 2.56. The number of nitro benzene ring substituents is 1. The molecule has 0 aliphatic heterocycles. The molecule has 0 spiro atoms. The molecule has 6 nitrogen and oxygen atoms in total. The van der Waals surface area contributed by atoms with E-state index in [4.69, 9.17) is 5.73 Å². The molecule has 0 unspecified atom stereocenters. The number of nitrogens with zero attached hydrogens (tertiary/aromatic N) is 3. The fourth-order valence-corrected chi connectivity index (χ4v) is 2.23. The van der Waals surface area contributed by atoms with E-state index in [9.17, 15) is 10.1 Å². The third-order valence-corrected chi connectivity index (χ3v) is 3.16. The van der Waals surface area contributed by atoms with E-state index in [2.05, 4.69) is 4.98 Å². The van der Waals surface area contributed by atoms with E-state index in [1.54, 1.807) is 12.3 Å². The molecule has 0 radical (unpaired) electrons. The van der Waals surface area contributed by atoms with Crippen LogP contribution in [0.1, 0.15) is 0 Å². The standard InChI is InChI=1S/C10H10N4O2S/c1-13-3-2-12-10(13)17-9-5-7(11)4-8(6-9)14(15)16/h2-6H,11H2,1H3. The Balaban J connectivity index is 2.33. The van der Waals surface area contributed by atoms with Gasteiger partial charge in [-0.3, -0.25) is 10.1 Å². The molecule has 7 heteroatoms. The number of non-ortho nitro benzene ring substituents is 1. The minimum atomic E-state index is -0.459. The van der Waals surface area contributed by atoms with Gasteiger partial charge in [-0.1, -0.05) is 11.8 Å². The summed E-state index contributed by atoms with van der Waals surface area (Å²) in [5, 5.41) is 11.4. The lowest BCUT2D eigenvalue weighted by atomic mass is 10.3. The van der Waals surface area contributed by atoms with Gasteiger partial charge < -0.3 is 10.3 Å². The van der Waals surface area contributed by atoms with Crippen LogP contribution in [0.5, 0.6) is 0 Å². The molecule has 0 bridgehead atoms. The van der Waals surface area contributed by atoms with Gasteiger partial charge in [0.05, 0.1) is 4.92 Å². The first-order valence-corrected chi connectivity index (χ1v) is 5.58. The highest BCUT2D eigenvalue weighted by atomic mass is 32.2. The Labute approximate surface area is 102 Å². The van der Waals surface area contributed by atoms with Gasteiger partial charge in [-0.15, -0.1) is 0 Å². The van der Waals surface area contributed by atoms with Gasteiger partial charge in [0.1, 0.15) is 0 Å². The van der Waals surface area contributed by atoms with Gasteiger partial charge in [0.2, 0.25) is 0 Å². The minimum Gasteiger partial charge on any atom is -0.398 e. The van der Waals surface area contributed by atoms with E-state index in [0.29, 0.717) is 10.6 Å². The van der Waals surface area contributed by atoms with Gasteiger partial charge in [0, 0.05) is 42.2 Å². The topological polar surface area (TPSA) is 87.0 Å². The summed E-state index contributed by atoms with van der Waals surface area (Å²) < 4.78 is 1.83. The Morgan fingerprint density at radius 3 is 2.82 bits per heavy atom. The molecule has 2 N–H and O–H groups in total. The monoisotopic (exact) mass is 250 g/mol. The molecule has 17 heavy (non-hydrogen) atoms. The second-order valence-corrected chi connectivity index (χ2v) is 4.48. The molecule has 1 heterocycles. The number of aromatic nitrogens is 2. The van der Waals surface area contributed by atoms with E-state index >= 15 is 0 Å². The highest BCUT2D eigenvalue weighted by molar-refractivity contribution is 7.99. The number of nitrogen functional groups attached to an aromatic ring is 1. The Bertz CT molecular complexity index is 567.